The van der Waals surface area contributed by atoms with Crippen LogP contribution in [0, 0.1) is 0 Å². The Labute approximate surface area is 194 Å². The zero-order valence-corrected chi connectivity index (χ0v) is 19.8. The minimum atomic E-state index is -0.682. The first-order chi connectivity index (χ1) is 15.8. The number of ether oxygens (including phenoxy) is 4. The van der Waals surface area contributed by atoms with Crippen molar-refractivity contribution < 1.29 is 28.5 Å². The maximum Gasteiger partial charge on any atom is 0.336 e. The Kier molecular flexibility index (Phi) is 7.43. The number of nitrogens with zero attached hydrogens (tertiary/aromatic N) is 1. The number of carbonyl (C=O) groups is 2. The molecule has 0 atom stereocenters. The van der Waals surface area contributed by atoms with Crippen LogP contribution in [0.1, 0.15) is 30.9 Å². The molecule has 0 spiro atoms. The second kappa shape index (κ2) is 10.3. The van der Waals surface area contributed by atoms with Crippen molar-refractivity contribution in [3.63, 3.8) is 0 Å². The lowest BCUT2D eigenvalue weighted by atomic mass is 9.79. The SMILES string of the molecule is COC(=O)C1=C(C)N(C)C(C)=C(C(=O)OC)C1c1ccc(OCc2ccccc2)c(OC)c1. The molecule has 0 fully saturated rings. The fourth-order valence-corrected chi connectivity index (χ4v) is 3.98. The van der Waals surface area contributed by atoms with Gasteiger partial charge in [-0.15, -0.1) is 0 Å². The summed E-state index contributed by atoms with van der Waals surface area (Å²) in [6.07, 6.45) is 0. The summed E-state index contributed by atoms with van der Waals surface area (Å²) in [7, 11) is 6.00. The van der Waals surface area contributed by atoms with Crippen LogP contribution < -0.4 is 9.47 Å². The Morgan fingerprint density at radius 2 is 1.42 bits per heavy atom. The van der Waals surface area contributed by atoms with Gasteiger partial charge in [0.2, 0.25) is 0 Å². The van der Waals surface area contributed by atoms with E-state index >= 15 is 0 Å². The van der Waals surface area contributed by atoms with Crippen LogP contribution in [0.4, 0.5) is 0 Å². The van der Waals surface area contributed by atoms with Gasteiger partial charge in [0.25, 0.3) is 0 Å². The first-order valence-electron chi connectivity index (χ1n) is 10.5. The van der Waals surface area contributed by atoms with Crippen LogP contribution in [0.5, 0.6) is 11.5 Å². The second-order valence-electron chi connectivity index (χ2n) is 7.66. The van der Waals surface area contributed by atoms with Crippen molar-refractivity contribution in [1.29, 1.82) is 0 Å². The minimum Gasteiger partial charge on any atom is -0.493 e. The Morgan fingerprint density at radius 3 is 1.94 bits per heavy atom. The molecule has 0 radical (unpaired) electrons. The summed E-state index contributed by atoms with van der Waals surface area (Å²) in [5.41, 5.74) is 3.83. The van der Waals surface area contributed by atoms with Crippen molar-refractivity contribution in [2.24, 2.45) is 0 Å². The maximum absolute atomic E-state index is 12.8. The van der Waals surface area contributed by atoms with Gasteiger partial charge in [-0.25, -0.2) is 9.59 Å². The molecule has 33 heavy (non-hydrogen) atoms. The molecule has 1 aliphatic heterocycles. The average Bonchev–Trinajstić information content (AvgIpc) is 2.85. The summed E-state index contributed by atoms with van der Waals surface area (Å²) in [4.78, 5) is 27.4. The predicted octanol–water partition coefficient (Wildman–Crippen LogP) is 4.20. The standard InChI is InChI=1S/C26H29NO6/c1-16-22(25(28)31-5)24(23(26(29)32-6)17(2)27(16)3)19-12-13-20(21(14-19)30-4)33-15-18-10-8-7-9-11-18/h7-14,24H,15H2,1-6H3. The van der Waals surface area contributed by atoms with E-state index in [2.05, 4.69) is 0 Å². The van der Waals surface area contributed by atoms with E-state index in [0.29, 0.717) is 46.2 Å². The van der Waals surface area contributed by atoms with Crippen LogP contribution in [0.3, 0.4) is 0 Å². The lowest BCUT2D eigenvalue weighted by molar-refractivity contribution is -0.137. The first kappa shape index (κ1) is 23.9. The molecule has 2 aromatic carbocycles. The first-order valence-corrected chi connectivity index (χ1v) is 10.5. The number of esters is 2. The number of carbonyl (C=O) groups excluding carboxylic acids is 2. The minimum absolute atomic E-state index is 0.367. The van der Waals surface area contributed by atoms with E-state index in [0.717, 1.165) is 5.56 Å². The Balaban J connectivity index is 2.08. The van der Waals surface area contributed by atoms with Gasteiger partial charge in [-0.1, -0.05) is 36.4 Å². The quantitative estimate of drug-likeness (QED) is 0.584. The predicted molar refractivity (Wildman–Crippen MR) is 124 cm³/mol. The number of benzene rings is 2. The third-order valence-corrected chi connectivity index (χ3v) is 5.93. The summed E-state index contributed by atoms with van der Waals surface area (Å²) in [5, 5.41) is 0. The van der Waals surface area contributed by atoms with Crippen LogP contribution in [-0.2, 0) is 25.7 Å². The van der Waals surface area contributed by atoms with Gasteiger partial charge in [-0.05, 0) is 37.1 Å². The van der Waals surface area contributed by atoms with Crippen molar-refractivity contribution in [2.75, 3.05) is 28.4 Å². The van der Waals surface area contributed by atoms with E-state index in [-0.39, 0.29) is 0 Å². The number of hydrogen-bond donors (Lipinski definition) is 0. The fourth-order valence-electron chi connectivity index (χ4n) is 3.98. The average molecular weight is 452 g/mol. The van der Waals surface area contributed by atoms with E-state index in [1.165, 1.54) is 14.2 Å². The summed E-state index contributed by atoms with van der Waals surface area (Å²) in [6, 6.07) is 15.2. The summed E-state index contributed by atoms with van der Waals surface area (Å²) >= 11 is 0. The highest BCUT2D eigenvalue weighted by Crippen LogP contribution is 2.44. The van der Waals surface area contributed by atoms with E-state index in [4.69, 9.17) is 18.9 Å². The fraction of sp³-hybridized carbons (Fsp3) is 0.308. The molecule has 0 aromatic heterocycles. The molecule has 0 amide bonds. The van der Waals surface area contributed by atoms with Gasteiger partial charge in [0.05, 0.1) is 38.4 Å². The number of allylic oxidation sites excluding steroid dienone is 2. The molecule has 0 aliphatic carbocycles. The van der Waals surface area contributed by atoms with Crippen molar-refractivity contribution in [2.45, 2.75) is 26.4 Å². The Hall–Kier alpha value is -3.74. The van der Waals surface area contributed by atoms with E-state index < -0.39 is 17.9 Å². The van der Waals surface area contributed by atoms with Gasteiger partial charge in [0.1, 0.15) is 6.61 Å². The van der Waals surface area contributed by atoms with Gasteiger partial charge in [-0.3, -0.25) is 0 Å². The van der Waals surface area contributed by atoms with Crippen LogP contribution in [0.15, 0.2) is 71.1 Å². The molecule has 1 heterocycles. The highest BCUT2D eigenvalue weighted by atomic mass is 16.5. The molecule has 7 heteroatoms. The molecule has 0 saturated carbocycles. The topological polar surface area (TPSA) is 74.3 Å². The Bertz CT molecular complexity index is 1060. The Morgan fingerprint density at radius 1 is 0.848 bits per heavy atom. The van der Waals surface area contributed by atoms with E-state index in [1.807, 2.05) is 50.2 Å². The van der Waals surface area contributed by atoms with Gasteiger partial charge in [0, 0.05) is 18.4 Å². The smallest absolute Gasteiger partial charge is 0.336 e. The molecule has 0 saturated heterocycles. The molecular weight excluding hydrogens is 422 g/mol. The normalized spacial score (nSPS) is 14.3. The maximum atomic E-state index is 12.8. The third kappa shape index (κ3) is 4.72. The number of hydrogen-bond acceptors (Lipinski definition) is 7. The molecule has 0 N–H and O–H groups in total. The summed E-state index contributed by atoms with van der Waals surface area (Å²) in [6.45, 7) is 4.03. The number of methoxy groups -OCH3 is 3. The largest absolute Gasteiger partial charge is 0.493 e. The van der Waals surface area contributed by atoms with Gasteiger partial charge < -0.3 is 23.8 Å². The second-order valence-corrected chi connectivity index (χ2v) is 7.66. The molecule has 0 unspecified atom stereocenters. The van der Waals surface area contributed by atoms with E-state index in [9.17, 15) is 9.59 Å². The molecule has 7 nitrogen and oxygen atoms in total. The molecule has 1 aliphatic rings. The van der Waals surface area contributed by atoms with Crippen molar-refractivity contribution >= 4 is 11.9 Å². The molecule has 174 valence electrons. The lowest BCUT2D eigenvalue weighted by Crippen LogP contribution is -2.33. The van der Waals surface area contributed by atoms with Crippen molar-refractivity contribution in [3.05, 3.63) is 82.2 Å². The zero-order valence-electron chi connectivity index (χ0n) is 19.8. The van der Waals surface area contributed by atoms with Crippen molar-refractivity contribution in [3.8, 4) is 11.5 Å². The molecule has 0 bridgehead atoms. The lowest BCUT2D eigenvalue weighted by Gasteiger charge is -2.35. The molecular formula is C26H29NO6. The number of rotatable bonds is 7. The summed E-state index contributed by atoms with van der Waals surface area (Å²) in [5.74, 6) is -0.661. The van der Waals surface area contributed by atoms with Crippen LogP contribution >= 0.6 is 0 Å². The zero-order chi connectivity index (χ0) is 24.1. The van der Waals surface area contributed by atoms with Gasteiger partial charge in [-0.2, -0.15) is 0 Å². The van der Waals surface area contributed by atoms with Gasteiger partial charge in [0.15, 0.2) is 11.5 Å². The van der Waals surface area contributed by atoms with Crippen LogP contribution in [0.25, 0.3) is 0 Å². The third-order valence-electron chi connectivity index (χ3n) is 5.93. The van der Waals surface area contributed by atoms with Crippen LogP contribution in [0.2, 0.25) is 0 Å². The highest BCUT2D eigenvalue weighted by Gasteiger charge is 2.39. The van der Waals surface area contributed by atoms with Gasteiger partial charge >= 0.3 is 11.9 Å². The van der Waals surface area contributed by atoms with Crippen LogP contribution in [-0.4, -0.2) is 45.2 Å². The monoisotopic (exact) mass is 451 g/mol. The molecule has 3 rings (SSSR count). The highest BCUT2D eigenvalue weighted by molar-refractivity contribution is 5.99. The van der Waals surface area contributed by atoms with E-state index in [1.54, 1.807) is 31.2 Å². The molecule has 2 aromatic rings. The summed E-state index contributed by atoms with van der Waals surface area (Å²) < 4.78 is 21.7. The van der Waals surface area contributed by atoms with Crippen molar-refractivity contribution in [1.82, 2.24) is 4.90 Å².